The van der Waals surface area contributed by atoms with Gasteiger partial charge in [-0.3, -0.25) is 4.79 Å². The minimum absolute atomic E-state index is 0.379. The fraction of sp³-hybridized carbons (Fsp3) is 0.320. The lowest BCUT2D eigenvalue weighted by Gasteiger charge is -2.34. The van der Waals surface area contributed by atoms with Gasteiger partial charge in [-0.25, -0.2) is 14.4 Å². The zero-order chi connectivity index (χ0) is 42.7. The summed E-state index contributed by atoms with van der Waals surface area (Å²) in [5.41, 5.74) is 4.74. The quantitative estimate of drug-likeness (QED) is 0.0542. The zero-order valence-corrected chi connectivity index (χ0v) is 35.2. The van der Waals surface area contributed by atoms with Crippen LogP contribution in [0.1, 0.15) is 101 Å². The van der Waals surface area contributed by atoms with E-state index in [0.717, 1.165) is 43.9 Å². The normalized spacial score (nSPS) is 12.4. The van der Waals surface area contributed by atoms with E-state index in [4.69, 9.17) is 18.9 Å². The van der Waals surface area contributed by atoms with E-state index >= 15 is 0 Å². The number of hydrogen-bond donors (Lipinski definition) is 0. The second-order valence-corrected chi connectivity index (χ2v) is 15.0. The molecule has 1 heterocycles. The zero-order valence-electron chi connectivity index (χ0n) is 35.2. The summed E-state index contributed by atoms with van der Waals surface area (Å²) in [5, 5.41) is 0. The van der Waals surface area contributed by atoms with Gasteiger partial charge in [-0.15, -0.1) is 0 Å². The third-order valence-electron chi connectivity index (χ3n) is 10.1. The van der Waals surface area contributed by atoms with E-state index in [-0.39, 0.29) is 0 Å². The lowest BCUT2D eigenvalue weighted by molar-refractivity contribution is -0.131. The van der Waals surface area contributed by atoms with E-state index < -0.39 is 23.9 Å². The fourth-order valence-electron chi connectivity index (χ4n) is 6.47. The number of ether oxygens (including phenoxy) is 4. The van der Waals surface area contributed by atoms with E-state index in [1.165, 1.54) is 57.4 Å². The molecule has 10 heteroatoms. The number of esters is 4. The Labute approximate surface area is 354 Å². The number of rotatable bonds is 16. The van der Waals surface area contributed by atoms with Crippen LogP contribution >= 0.6 is 0 Å². The van der Waals surface area contributed by atoms with Crippen LogP contribution in [0.3, 0.4) is 0 Å². The molecule has 1 fully saturated rings. The Morgan fingerprint density at radius 1 is 0.483 bits per heavy atom. The summed E-state index contributed by atoms with van der Waals surface area (Å²) in [7, 11) is 2.12. The van der Waals surface area contributed by atoms with E-state index in [2.05, 4.69) is 23.8 Å². The summed E-state index contributed by atoms with van der Waals surface area (Å²) in [5.74, 6) is 0.0244. The van der Waals surface area contributed by atoms with Crippen molar-refractivity contribution in [2.75, 3.05) is 38.1 Å². The highest BCUT2D eigenvalue weighted by molar-refractivity contribution is 5.93. The minimum atomic E-state index is -0.460. The van der Waals surface area contributed by atoms with Gasteiger partial charge in [0.05, 0.1) is 16.7 Å². The highest BCUT2D eigenvalue weighted by Gasteiger charge is 2.16. The molecule has 0 atom stereocenters. The van der Waals surface area contributed by atoms with Gasteiger partial charge in [0.1, 0.15) is 23.0 Å². The Balaban J connectivity index is 0.000000236. The van der Waals surface area contributed by atoms with Crippen LogP contribution in [-0.2, 0) is 11.2 Å². The molecule has 5 aromatic carbocycles. The highest BCUT2D eigenvalue weighted by atomic mass is 16.5. The maximum Gasteiger partial charge on any atom is 0.343 e. The number of hydrogen-bond acceptors (Lipinski definition) is 10. The fourth-order valence-corrected chi connectivity index (χ4v) is 6.47. The van der Waals surface area contributed by atoms with Crippen molar-refractivity contribution in [3.8, 4) is 23.0 Å². The van der Waals surface area contributed by atoms with Crippen LogP contribution in [0, 0.1) is 6.92 Å². The second kappa shape index (κ2) is 23.4. The molecule has 1 aliphatic rings. The molecule has 0 aliphatic carbocycles. The van der Waals surface area contributed by atoms with Gasteiger partial charge in [0.25, 0.3) is 0 Å². The molecule has 1 aliphatic heterocycles. The van der Waals surface area contributed by atoms with Gasteiger partial charge in [0.15, 0.2) is 0 Å². The van der Waals surface area contributed by atoms with Crippen LogP contribution in [-0.4, -0.2) is 62.0 Å². The monoisotopic (exact) mass is 812 g/mol. The summed E-state index contributed by atoms with van der Waals surface area (Å²) < 4.78 is 21.2. The number of aryl methyl sites for hydroxylation is 2. The number of benzene rings is 5. The molecule has 0 N–H and O–H groups in total. The lowest BCUT2D eigenvalue weighted by atomic mass is 10.0. The first kappa shape index (κ1) is 44.8. The van der Waals surface area contributed by atoms with Gasteiger partial charge in [-0.2, -0.15) is 0 Å². The lowest BCUT2D eigenvalue weighted by Crippen LogP contribution is -2.44. The average molecular weight is 813 g/mol. The number of nitrogens with zero attached hydrogens (tertiary/aromatic N) is 2. The van der Waals surface area contributed by atoms with Crippen molar-refractivity contribution in [1.82, 2.24) is 4.90 Å². The molecule has 0 saturated carbocycles. The van der Waals surface area contributed by atoms with Gasteiger partial charge in [-0.05, 0) is 129 Å². The van der Waals surface area contributed by atoms with Gasteiger partial charge in [0.2, 0.25) is 0 Å². The third kappa shape index (κ3) is 14.8. The first-order valence-corrected chi connectivity index (χ1v) is 20.8. The van der Waals surface area contributed by atoms with Crippen molar-refractivity contribution in [1.29, 1.82) is 0 Å². The Hall–Kier alpha value is -6.26. The Morgan fingerprint density at radius 3 is 1.32 bits per heavy atom. The van der Waals surface area contributed by atoms with Gasteiger partial charge in [-0.1, -0.05) is 75.3 Å². The summed E-state index contributed by atoms with van der Waals surface area (Å²) in [4.78, 5) is 52.6. The molecule has 1 saturated heterocycles. The van der Waals surface area contributed by atoms with Crippen molar-refractivity contribution < 1.29 is 38.1 Å². The van der Waals surface area contributed by atoms with Crippen LogP contribution in [0.4, 0.5) is 5.69 Å². The molecule has 5 aromatic rings. The predicted octanol–water partition coefficient (Wildman–Crippen LogP) is 10.3. The van der Waals surface area contributed by atoms with E-state index in [0.29, 0.717) is 39.7 Å². The van der Waals surface area contributed by atoms with Gasteiger partial charge >= 0.3 is 23.9 Å². The number of anilines is 1. The smallest absolute Gasteiger partial charge is 0.343 e. The predicted molar refractivity (Wildman–Crippen MR) is 235 cm³/mol. The summed E-state index contributed by atoms with van der Waals surface area (Å²) in [6, 6.07) is 35.1. The van der Waals surface area contributed by atoms with Crippen LogP contribution in [0.15, 0.2) is 121 Å². The Kier molecular flexibility index (Phi) is 17.5. The van der Waals surface area contributed by atoms with E-state index in [1.807, 2.05) is 55.5 Å². The van der Waals surface area contributed by atoms with Crippen LogP contribution in [0.5, 0.6) is 23.0 Å². The Bertz CT molecular complexity index is 2110. The maximum atomic E-state index is 12.5. The first-order valence-electron chi connectivity index (χ1n) is 20.8. The van der Waals surface area contributed by atoms with E-state index in [1.54, 1.807) is 72.8 Å². The highest BCUT2D eigenvalue weighted by Crippen LogP contribution is 2.23. The summed E-state index contributed by atoms with van der Waals surface area (Å²) in [6.45, 7) is 9.60. The number of likely N-dealkylation sites (N-methyl/N-ethyl adjacent to an activating group) is 1. The number of unbranched alkanes of at least 4 members (excludes halogenated alkanes) is 6. The molecule has 0 aromatic heterocycles. The van der Waals surface area contributed by atoms with Crippen molar-refractivity contribution in [3.05, 3.63) is 149 Å². The summed E-state index contributed by atoms with van der Waals surface area (Å²) in [6.07, 6.45) is 10.0. The molecule has 0 radical (unpaired) electrons. The minimum Gasteiger partial charge on any atom is -0.427 e. The average Bonchev–Trinajstić information content (AvgIpc) is 3.25. The molecule has 0 unspecified atom stereocenters. The number of carbonyl (C=O) groups excluding carboxylic acids is 4. The third-order valence-corrected chi connectivity index (χ3v) is 10.1. The molecule has 314 valence electrons. The molecular formula is C50H56N2O8. The van der Waals surface area contributed by atoms with E-state index in [9.17, 15) is 19.2 Å². The molecule has 10 nitrogen and oxygen atoms in total. The standard InChI is InChI=1S/C30H34O4.C20H22N2O4/c1-3-4-5-6-7-8-9-10-24-13-15-25(16-14-24)29(31)34-28-21-17-26(18-22-28)30(32)33-27-19-11-23(2)12-20-27;1-15(23)25-18-7-3-16(4-8-18)20(24)26-19-9-5-17(6-10-19)22-13-11-21(2)12-14-22/h11-22H,3-10H2,1-2H3;3-10H,11-14H2,1-2H3. The largest absolute Gasteiger partial charge is 0.427 e. The molecule has 0 bridgehead atoms. The number of carbonyl (C=O) groups is 4. The molecule has 60 heavy (non-hydrogen) atoms. The van der Waals surface area contributed by atoms with Crippen LogP contribution in [0.2, 0.25) is 0 Å². The molecule has 0 amide bonds. The first-order chi connectivity index (χ1) is 29.1. The Morgan fingerprint density at radius 2 is 0.867 bits per heavy atom. The topological polar surface area (TPSA) is 112 Å². The van der Waals surface area contributed by atoms with Crippen molar-refractivity contribution in [2.45, 2.75) is 72.1 Å². The van der Waals surface area contributed by atoms with Crippen molar-refractivity contribution in [3.63, 3.8) is 0 Å². The van der Waals surface area contributed by atoms with Crippen molar-refractivity contribution in [2.24, 2.45) is 0 Å². The molecular weight excluding hydrogens is 757 g/mol. The maximum absolute atomic E-state index is 12.5. The second-order valence-electron chi connectivity index (χ2n) is 15.0. The summed E-state index contributed by atoms with van der Waals surface area (Å²) >= 11 is 0. The van der Waals surface area contributed by atoms with Gasteiger partial charge in [0, 0.05) is 38.8 Å². The number of piperazine rings is 1. The SMILES string of the molecule is CC(=O)Oc1ccc(C(=O)Oc2ccc(N3CCN(C)CC3)cc2)cc1.CCCCCCCCCc1ccc(C(=O)Oc2ccc(C(=O)Oc3ccc(C)cc3)cc2)cc1. The molecule has 6 rings (SSSR count). The van der Waals surface area contributed by atoms with Crippen LogP contribution < -0.4 is 23.8 Å². The van der Waals surface area contributed by atoms with Crippen molar-refractivity contribution >= 4 is 29.6 Å². The van der Waals surface area contributed by atoms with Gasteiger partial charge < -0.3 is 28.7 Å². The molecule has 0 spiro atoms. The van der Waals surface area contributed by atoms with Crippen LogP contribution in [0.25, 0.3) is 0 Å².